The van der Waals surface area contributed by atoms with Gasteiger partial charge in [-0.1, -0.05) is 6.07 Å². The molecule has 0 amide bonds. The summed E-state index contributed by atoms with van der Waals surface area (Å²) in [5.41, 5.74) is 0.863. The summed E-state index contributed by atoms with van der Waals surface area (Å²) in [4.78, 5) is 11.5. The van der Waals surface area contributed by atoms with E-state index < -0.39 is 5.97 Å². The number of hydrogen-bond donors (Lipinski definition) is 1. The van der Waals surface area contributed by atoms with Crippen LogP contribution in [0.3, 0.4) is 0 Å². The summed E-state index contributed by atoms with van der Waals surface area (Å²) in [6.07, 6.45) is 2.68. The molecule has 20 heavy (non-hydrogen) atoms. The van der Waals surface area contributed by atoms with Gasteiger partial charge in [0.25, 0.3) is 0 Å². The fraction of sp³-hybridized carbons (Fsp3) is 0.133. The SMILES string of the molecule is COc1cccc(OCc2cc(C=CC(=O)O)cs2)c1. The van der Waals surface area contributed by atoms with Crippen LogP contribution >= 0.6 is 11.3 Å². The molecule has 0 unspecified atom stereocenters. The number of benzene rings is 1. The van der Waals surface area contributed by atoms with Gasteiger partial charge >= 0.3 is 5.97 Å². The number of hydrogen-bond acceptors (Lipinski definition) is 4. The van der Waals surface area contributed by atoms with Crippen molar-refractivity contribution in [2.75, 3.05) is 7.11 Å². The second kappa shape index (κ2) is 6.77. The van der Waals surface area contributed by atoms with E-state index in [-0.39, 0.29) is 0 Å². The van der Waals surface area contributed by atoms with Crippen molar-refractivity contribution >= 4 is 23.4 Å². The predicted molar refractivity (Wildman–Crippen MR) is 78.3 cm³/mol. The van der Waals surface area contributed by atoms with E-state index >= 15 is 0 Å². The van der Waals surface area contributed by atoms with Gasteiger partial charge in [-0.15, -0.1) is 11.3 Å². The number of methoxy groups -OCH3 is 1. The van der Waals surface area contributed by atoms with E-state index in [1.807, 2.05) is 35.7 Å². The lowest BCUT2D eigenvalue weighted by Crippen LogP contribution is -1.93. The molecule has 1 heterocycles. The summed E-state index contributed by atoms with van der Waals surface area (Å²) in [5.74, 6) is 0.532. The van der Waals surface area contributed by atoms with Gasteiger partial charge in [0.15, 0.2) is 0 Å². The summed E-state index contributed by atoms with van der Waals surface area (Å²) in [6, 6.07) is 9.31. The molecule has 0 aliphatic heterocycles. The molecule has 4 nitrogen and oxygen atoms in total. The summed E-state index contributed by atoms with van der Waals surface area (Å²) in [7, 11) is 1.61. The van der Waals surface area contributed by atoms with Gasteiger partial charge in [0.1, 0.15) is 18.1 Å². The zero-order valence-corrected chi connectivity index (χ0v) is 11.7. The average Bonchev–Trinajstić information content (AvgIpc) is 2.91. The van der Waals surface area contributed by atoms with Gasteiger partial charge in [-0.2, -0.15) is 0 Å². The molecule has 1 aromatic carbocycles. The van der Waals surface area contributed by atoms with E-state index in [1.54, 1.807) is 13.2 Å². The average molecular weight is 290 g/mol. The zero-order valence-electron chi connectivity index (χ0n) is 10.9. The number of carboxylic acid groups (broad SMARTS) is 1. The first-order chi connectivity index (χ1) is 9.67. The maximum atomic E-state index is 10.4. The zero-order chi connectivity index (χ0) is 14.4. The number of carboxylic acids is 1. The number of ether oxygens (including phenoxy) is 2. The monoisotopic (exact) mass is 290 g/mol. The Hall–Kier alpha value is -2.27. The molecule has 0 aliphatic carbocycles. The first-order valence-electron chi connectivity index (χ1n) is 5.92. The molecule has 0 atom stereocenters. The lowest BCUT2D eigenvalue weighted by atomic mass is 10.3. The van der Waals surface area contributed by atoms with Crippen LogP contribution in [-0.4, -0.2) is 18.2 Å². The van der Waals surface area contributed by atoms with Crippen molar-refractivity contribution in [3.8, 4) is 11.5 Å². The van der Waals surface area contributed by atoms with Crippen LogP contribution in [0.2, 0.25) is 0 Å². The minimum Gasteiger partial charge on any atom is -0.497 e. The Balaban J connectivity index is 1.95. The minimum atomic E-state index is -0.953. The van der Waals surface area contributed by atoms with Crippen molar-refractivity contribution in [2.24, 2.45) is 0 Å². The second-order valence-corrected chi connectivity index (χ2v) is 4.98. The highest BCUT2D eigenvalue weighted by atomic mass is 32.1. The van der Waals surface area contributed by atoms with E-state index in [2.05, 4.69) is 0 Å². The van der Waals surface area contributed by atoms with Crippen LogP contribution in [0, 0.1) is 0 Å². The molecule has 0 radical (unpaired) electrons. The Morgan fingerprint density at radius 2 is 2.15 bits per heavy atom. The van der Waals surface area contributed by atoms with Gasteiger partial charge in [0.05, 0.1) is 7.11 Å². The molecule has 1 N–H and O–H groups in total. The van der Waals surface area contributed by atoms with E-state index in [0.29, 0.717) is 6.61 Å². The Bertz CT molecular complexity index is 616. The molecule has 1 aromatic heterocycles. The molecular formula is C15H14O4S. The highest BCUT2D eigenvalue weighted by molar-refractivity contribution is 7.10. The van der Waals surface area contributed by atoms with E-state index in [4.69, 9.17) is 14.6 Å². The van der Waals surface area contributed by atoms with Gasteiger partial charge in [-0.05, 0) is 35.2 Å². The van der Waals surface area contributed by atoms with Crippen molar-refractivity contribution in [3.05, 3.63) is 52.2 Å². The Labute approximate surface area is 120 Å². The molecular weight excluding hydrogens is 276 g/mol. The maximum Gasteiger partial charge on any atom is 0.328 e. The third kappa shape index (κ3) is 4.13. The van der Waals surface area contributed by atoms with Crippen LogP contribution in [-0.2, 0) is 11.4 Å². The van der Waals surface area contributed by atoms with E-state index in [9.17, 15) is 4.79 Å². The molecule has 0 fully saturated rings. The topological polar surface area (TPSA) is 55.8 Å². The van der Waals surface area contributed by atoms with Crippen LogP contribution in [0.4, 0.5) is 0 Å². The van der Waals surface area contributed by atoms with Gasteiger partial charge in [0, 0.05) is 17.0 Å². The van der Waals surface area contributed by atoms with Crippen LogP contribution in [0.5, 0.6) is 11.5 Å². The predicted octanol–water partition coefficient (Wildman–Crippen LogP) is 3.43. The smallest absolute Gasteiger partial charge is 0.328 e. The van der Waals surface area contributed by atoms with E-state index in [1.165, 1.54) is 11.3 Å². The Morgan fingerprint density at radius 3 is 2.90 bits per heavy atom. The number of rotatable bonds is 6. The van der Waals surface area contributed by atoms with Crippen molar-refractivity contribution < 1.29 is 19.4 Å². The largest absolute Gasteiger partial charge is 0.497 e. The van der Waals surface area contributed by atoms with E-state index in [0.717, 1.165) is 28.0 Å². The van der Waals surface area contributed by atoms with Gasteiger partial charge in [-0.25, -0.2) is 4.79 Å². The number of carbonyl (C=O) groups is 1. The Morgan fingerprint density at radius 1 is 1.35 bits per heavy atom. The molecule has 5 heteroatoms. The van der Waals surface area contributed by atoms with Crippen LogP contribution < -0.4 is 9.47 Å². The molecule has 0 saturated heterocycles. The maximum absolute atomic E-state index is 10.4. The fourth-order valence-corrected chi connectivity index (χ4v) is 2.34. The van der Waals surface area contributed by atoms with Crippen molar-refractivity contribution in [1.82, 2.24) is 0 Å². The molecule has 0 saturated carbocycles. The van der Waals surface area contributed by atoms with Gasteiger partial charge < -0.3 is 14.6 Å². The van der Waals surface area contributed by atoms with Crippen LogP contribution in [0.1, 0.15) is 10.4 Å². The second-order valence-electron chi connectivity index (χ2n) is 3.99. The highest BCUT2D eigenvalue weighted by Crippen LogP contribution is 2.22. The fourth-order valence-electron chi connectivity index (χ4n) is 1.57. The summed E-state index contributed by atoms with van der Waals surface area (Å²) in [5, 5.41) is 10.5. The molecule has 0 aliphatic rings. The molecule has 0 bridgehead atoms. The normalized spacial score (nSPS) is 10.7. The summed E-state index contributed by atoms with van der Waals surface area (Å²) in [6.45, 7) is 0.443. The number of thiophene rings is 1. The van der Waals surface area contributed by atoms with Crippen LogP contribution in [0.25, 0.3) is 6.08 Å². The lowest BCUT2D eigenvalue weighted by Gasteiger charge is -2.06. The standard InChI is InChI=1S/C15H14O4S/c1-18-12-3-2-4-13(8-12)19-9-14-7-11(10-20-14)5-6-15(16)17/h2-8,10H,9H2,1H3,(H,16,17). The van der Waals surface area contributed by atoms with Crippen molar-refractivity contribution in [1.29, 1.82) is 0 Å². The first-order valence-corrected chi connectivity index (χ1v) is 6.80. The highest BCUT2D eigenvalue weighted by Gasteiger charge is 2.01. The lowest BCUT2D eigenvalue weighted by molar-refractivity contribution is -0.131. The third-order valence-electron chi connectivity index (χ3n) is 2.51. The van der Waals surface area contributed by atoms with Crippen molar-refractivity contribution in [3.63, 3.8) is 0 Å². The van der Waals surface area contributed by atoms with Gasteiger partial charge in [-0.3, -0.25) is 0 Å². The first kappa shape index (κ1) is 14.1. The van der Waals surface area contributed by atoms with Crippen molar-refractivity contribution in [2.45, 2.75) is 6.61 Å². The van der Waals surface area contributed by atoms with Gasteiger partial charge in [0.2, 0.25) is 0 Å². The summed E-state index contributed by atoms with van der Waals surface area (Å²) < 4.78 is 10.8. The molecule has 0 spiro atoms. The minimum absolute atomic E-state index is 0.443. The molecule has 2 aromatic rings. The van der Waals surface area contributed by atoms with Crippen LogP contribution in [0.15, 0.2) is 41.8 Å². The third-order valence-corrected chi connectivity index (χ3v) is 3.44. The summed E-state index contributed by atoms with van der Waals surface area (Å²) >= 11 is 1.53. The molecule has 2 rings (SSSR count). The number of aliphatic carboxylic acids is 1. The quantitative estimate of drug-likeness (QED) is 0.828. The molecule has 104 valence electrons. The Kier molecular flexibility index (Phi) is 4.79.